The summed E-state index contributed by atoms with van der Waals surface area (Å²) in [7, 11) is -1.68. The first kappa shape index (κ1) is 26.7. The predicted octanol–water partition coefficient (Wildman–Crippen LogP) is 4.22. The number of benzene rings is 1. The third kappa shape index (κ3) is 4.93. The molecule has 0 spiro atoms. The van der Waals surface area contributed by atoms with Crippen molar-refractivity contribution in [3.63, 3.8) is 0 Å². The average Bonchev–Trinajstić information content (AvgIpc) is 3.09. The van der Waals surface area contributed by atoms with Gasteiger partial charge in [-0.1, -0.05) is 19.1 Å². The molecule has 0 saturated carbocycles. The Morgan fingerprint density at radius 3 is 2.64 bits per heavy atom. The minimum Gasteiger partial charge on any atom is -0.493 e. The van der Waals surface area contributed by atoms with Crippen LogP contribution in [0.4, 0.5) is 0 Å². The van der Waals surface area contributed by atoms with Gasteiger partial charge in [-0.05, 0) is 65.8 Å². The first-order chi connectivity index (χ1) is 17.1. The van der Waals surface area contributed by atoms with Crippen molar-refractivity contribution < 1.29 is 13.2 Å². The van der Waals surface area contributed by atoms with Crippen LogP contribution in [0.15, 0.2) is 23.1 Å². The number of aromatic amines is 1. The number of imidazole rings is 1. The SMILES string of the molecule is CCCc1nc(C)c2c(=S)nc(-c3cc(S(=O)(=O)N4CCC(C)N(C)C(C)C4)ccc3OCC)[nH]n12. The molecule has 36 heavy (non-hydrogen) atoms. The number of hydrogen-bond donors (Lipinski definition) is 1. The zero-order chi connectivity index (χ0) is 26.2. The van der Waals surface area contributed by atoms with E-state index in [1.165, 1.54) is 0 Å². The van der Waals surface area contributed by atoms with Gasteiger partial charge in [0.25, 0.3) is 0 Å². The van der Waals surface area contributed by atoms with Crippen molar-refractivity contribution in [1.82, 2.24) is 28.8 Å². The lowest BCUT2D eigenvalue weighted by Gasteiger charge is -2.28. The van der Waals surface area contributed by atoms with Gasteiger partial charge in [-0.2, -0.15) is 4.31 Å². The number of H-pyrrole nitrogens is 1. The monoisotopic (exact) mass is 532 g/mol. The van der Waals surface area contributed by atoms with Gasteiger partial charge in [-0.3, -0.25) is 10.00 Å². The maximum Gasteiger partial charge on any atom is 0.243 e. The van der Waals surface area contributed by atoms with Crippen molar-refractivity contribution >= 4 is 27.8 Å². The second-order valence-electron chi connectivity index (χ2n) is 9.53. The predicted molar refractivity (Wildman–Crippen MR) is 144 cm³/mol. The van der Waals surface area contributed by atoms with Crippen LogP contribution in [0.25, 0.3) is 16.9 Å². The molecule has 3 heterocycles. The number of sulfonamides is 1. The van der Waals surface area contributed by atoms with Crippen molar-refractivity contribution in [2.24, 2.45) is 0 Å². The molecule has 3 aromatic rings. The summed E-state index contributed by atoms with van der Waals surface area (Å²) in [4.78, 5) is 11.7. The van der Waals surface area contributed by atoms with Crippen LogP contribution in [-0.4, -0.2) is 76.0 Å². The number of aryl methyl sites for hydroxylation is 2. The summed E-state index contributed by atoms with van der Waals surface area (Å²) in [5.74, 6) is 1.85. The lowest BCUT2D eigenvalue weighted by molar-refractivity contribution is 0.203. The maximum atomic E-state index is 13.8. The van der Waals surface area contributed by atoms with E-state index < -0.39 is 10.0 Å². The van der Waals surface area contributed by atoms with Crippen LogP contribution in [0.5, 0.6) is 5.75 Å². The zero-order valence-corrected chi connectivity index (χ0v) is 23.5. The molecule has 11 heteroatoms. The Morgan fingerprint density at radius 1 is 1.19 bits per heavy atom. The molecule has 1 aliphatic heterocycles. The topological polar surface area (TPSA) is 95.8 Å². The molecule has 1 aliphatic rings. The van der Waals surface area contributed by atoms with E-state index in [1.807, 2.05) is 18.4 Å². The van der Waals surface area contributed by atoms with E-state index >= 15 is 0 Å². The average molecular weight is 533 g/mol. The highest BCUT2D eigenvalue weighted by molar-refractivity contribution is 7.89. The number of fused-ring (bicyclic) bond motifs is 1. The molecule has 2 atom stereocenters. The van der Waals surface area contributed by atoms with Crippen LogP contribution in [0.3, 0.4) is 0 Å². The van der Waals surface area contributed by atoms with Crippen LogP contribution >= 0.6 is 12.2 Å². The quantitative estimate of drug-likeness (QED) is 0.455. The van der Waals surface area contributed by atoms with E-state index in [0.29, 0.717) is 47.5 Å². The molecule has 2 aromatic heterocycles. The highest BCUT2D eigenvalue weighted by atomic mass is 32.2. The summed E-state index contributed by atoms with van der Waals surface area (Å²) in [5, 5.41) is 3.33. The Morgan fingerprint density at radius 2 is 1.94 bits per heavy atom. The van der Waals surface area contributed by atoms with Crippen molar-refractivity contribution in [2.45, 2.75) is 70.9 Å². The van der Waals surface area contributed by atoms with Crippen LogP contribution in [0.1, 0.15) is 52.1 Å². The van der Waals surface area contributed by atoms with Gasteiger partial charge < -0.3 is 4.74 Å². The first-order valence-electron chi connectivity index (χ1n) is 12.6. The molecule has 0 aliphatic carbocycles. The minimum atomic E-state index is -3.73. The fourth-order valence-electron chi connectivity index (χ4n) is 4.74. The van der Waals surface area contributed by atoms with E-state index in [9.17, 15) is 8.42 Å². The molecule has 9 nitrogen and oxygen atoms in total. The Balaban J connectivity index is 1.84. The molecule has 0 radical (unpaired) electrons. The fourth-order valence-corrected chi connectivity index (χ4v) is 6.64. The number of hydrogen-bond acceptors (Lipinski definition) is 7. The third-order valence-electron chi connectivity index (χ3n) is 7.03. The smallest absolute Gasteiger partial charge is 0.243 e. The highest BCUT2D eigenvalue weighted by Crippen LogP contribution is 2.33. The summed E-state index contributed by atoms with van der Waals surface area (Å²) in [5.41, 5.74) is 2.12. The first-order valence-corrected chi connectivity index (χ1v) is 14.4. The lowest BCUT2D eigenvalue weighted by atomic mass is 10.2. The largest absolute Gasteiger partial charge is 0.493 e. The van der Waals surface area contributed by atoms with Crippen LogP contribution in [0.2, 0.25) is 0 Å². The van der Waals surface area contributed by atoms with Gasteiger partial charge in [0.05, 0.1) is 22.8 Å². The molecular formula is C25H36N6O3S2. The summed E-state index contributed by atoms with van der Waals surface area (Å²) >= 11 is 5.63. The highest BCUT2D eigenvalue weighted by Gasteiger charge is 2.32. The molecule has 2 unspecified atom stereocenters. The summed E-state index contributed by atoms with van der Waals surface area (Å²) in [6.07, 6.45) is 2.47. The molecule has 1 fully saturated rings. The molecular weight excluding hydrogens is 496 g/mol. The molecule has 0 amide bonds. The van der Waals surface area contributed by atoms with Gasteiger partial charge in [0, 0.05) is 31.6 Å². The van der Waals surface area contributed by atoms with Gasteiger partial charge in [0.1, 0.15) is 17.1 Å². The number of aromatic nitrogens is 4. The Kier molecular flexibility index (Phi) is 7.84. The fraction of sp³-hybridized carbons (Fsp3) is 0.560. The third-order valence-corrected chi connectivity index (χ3v) is 9.17. The number of ether oxygens (including phenoxy) is 1. The van der Waals surface area contributed by atoms with Crippen molar-refractivity contribution in [2.75, 3.05) is 26.7 Å². The molecule has 1 saturated heterocycles. The number of nitrogens with zero attached hydrogens (tertiary/aromatic N) is 5. The Hall–Kier alpha value is -2.34. The van der Waals surface area contributed by atoms with E-state index in [0.717, 1.165) is 36.3 Å². The molecule has 0 bridgehead atoms. The van der Waals surface area contributed by atoms with Gasteiger partial charge in [-0.25, -0.2) is 22.9 Å². The van der Waals surface area contributed by atoms with Crippen LogP contribution in [0, 0.1) is 11.6 Å². The summed E-state index contributed by atoms with van der Waals surface area (Å²) < 4.78 is 37.3. The lowest BCUT2D eigenvalue weighted by Crippen LogP contribution is -2.41. The van der Waals surface area contributed by atoms with Crippen LogP contribution < -0.4 is 4.74 Å². The summed E-state index contributed by atoms with van der Waals surface area (Å²) in [6.45, 7) is 11.4. The van der Waals surface area contributed by atoms with Gasteiger partial charge in [0.15, 0.2) is 10.5 Å². The van der Waals surface area contributed by atoms with E-state index in [1.54, 1.807) is 22.5 Å². The number of nitrogens with one attached hydrogen (secondary N) is 1. The van der Waals surface area contributed by atoms with Crippen molar-refractivity contribution in [1.29, 1.82) is 0 Å². The van der Waals surface area contributed by atoms with E-state index in [4.69, 9.17) is 17.0 Å². The van der Waals surface area contributed by atoms with E-state index in [-0.39, 0.29) is 10.9 Å². The standard InChI is InChI=1S/C25H36N6O3S2/c1-7-9-22-26-18(5)23-25(35)27-24(28-31(22)23)20-14-19(10-11-21(20)34-8-2)36(32,33)30-13-12-16(3)29(6)17(4)15-30/h10-11,14,16-17H,7-9,12-13,15H2,1-6H3,(H,27,28,35). The molecule has 196 valence electrons. The van der Waals surface area contributed by atoms with Crippen LogP contribution in [-0.2, 0) is 16.4 Å². The minimum absolute atomic E-state index is 0.112. The van der Waals surface area contributed by atoms with Crippen molar-refractivity contribution in [3.8, 4) is 17.1 Å². The number of rotatable bonds is 7. The molecule has 1 N–H and O–H groups in total. The Bertz CT molecular complexity index is 1420. The summed E-state index contributed by atoms with van der Waals surface area (Å²) in [6, 6.07) is 5.38. The molecule has 4 rings (SSSR count). The number of likely N-dealkylation sites (N-methyl/N-ethyl adjacent to an activating group) is 1. The zero-order valence-electron chi connectivity index (χ0n) is 21.9. The molecule has 1 aromatic carbocycles. The van der Waals surface area contributed by atoms with Crippen molar-refractivity contribution in [3.05, 3.63) is 34.4 Å². The van der Waals surface area contributed by atoms with Gasteiger partial charge >= 0.3 is 0 Å². The second kappa shape index (κ2) is 10.6. The van der Waals surface area contributed by atoms with Gasteiger partial charge in [-0.15, -0.1) is 0 Å². The maximum absolute atomic E-state index is 13.8. The Labute approximate surface area is 218 Å². The van der Waals surface area contributed by atoms with E-state index in [2.05, 4.69) is 47.8 Å². The second-order valence-corrected chi connectivity index (χ2v) is 11.9. The normalized spacial score (nSPS) is 20.1. The van der Waals surface area contributed by atoms with Gasteiger partial charge in [0.2, 0.25) is 10.0 Å².